The monoisotopic (exact) mass is 233 g/mol. The highest BCUT2D eigenvalue weighted by Gasteiger charge is 2.12. The van der Waals surface area contributed by atoms with E-state index in [2.05, 4.69) is 0 Å². The van der Waals surface area contributed by atoms with E-state index in [1.54, 1.807) is 6.07 Å². The van der Waals surface area contributed by atoms with Crippen LogP contribution in [-0.2, 0) is 4.74 Å². The lowest BCUT2D eigenvalue weighted by Gasteiger charge is -1.98. The molecule has 0 radical (unpaired) electrons. The zero-order valence-electron chi connectivity index (χ0n) is 9.73. The second-order valence-electron chi connectivity index (χ2n) is 3.92. The summed E-state index contributed by atoms with van der Waals surface area (Å²) in [5.41, 5.74) is 7.13. The van der Waals surface area contributed by atoms with Gasteiger partial charge >= 0.3 is 0 Å². The van der Waals surface area contributed by atoms with Crippen molar-refractivity contribution in [3.8, 4) is 0 Å². The Kier molecular flexibility index (Phi) is 3.56. The smallest absolute Gasteiger partial charge is 0.223 e. The predicted molar refractivity (Wildman–Crippen MR) is 65.2 cm³/mol. The van der Waals surface area contributed by atoms with E-state index in [4.69, 9.17) is 14.9 Å². The summed E-state index contributed by atoms with van der Waals surface area (Å²) in [6, 6.07) is 7.54. The molecule has 0 fully saturated rings. The Morgan fingerprint density at radius 1 is 1.41 bits per heavy atom. The number of ketones is 1. The Bertz CT molecular complexity index is 530. The van der Waals surface area contributed by atoms with Crippen molar-refractivity contribution in [3.05, 3.63) is 35.6 Å². The van der Waals surface area contributed by atoms with Crippen LogP contribution in [0.15, 0.2) is 28.7 Å². The van der Waals surface area contributed by atoms with Crippen molar-refractivity contribution in [2.75, 3.05) is 19.8 Å². The summed E-state index contributed by atoms with van der Waals surface area (Å²) in [4.78, 5) is 11.7. The highest BCUT2D eigenvalue weighted by Crippen LogP contribution is 2.20. The van der Waals surface area contributed by atoms with E-state index in [1.165, 1.54) is 0 Å². The minimum atomic E-state index is -0.160. The Morgan fingerprint density at radius 2 is 2.24 bits per heavy atom. The van der Waals surface area contributed by atoms with Gasteiger partial charge in [-0.25, -0.2) is 0 Å². The van der Waals surface area contributed by atoms with Crippen LogP contribution >= 0.6 is 0 Å². The van der Waals surface area contributed by atoms with Crippen molar-refractivity contribution in [1.82, 2.24) is 0 Å². The third-order valence-corrected chi connectivity index (χ3v) is 2.44. The van der Waals surface area contributed by atoms with Crippen LogP contribution in [-0.4, -0.2) is 25.5 Å². The highest BCUT2D eigenvalue weighted by atomic mass is 16.5. The molecule has 0 amide bonds. The maximum Gasteiger partial charge on any atom is 0.223 e. The number of hydrogen-bond acceptors (Lipinski definition) is 4. The number of hydrogen-bond donors (Lipinski definition) is 1. The molecule has 0 spiro atoms. The van der Waals surface area contributed by atoms with Crippen LogP contribution < -0.4 is 5.73 Å². The molecule has 4 nitrogen and oxygen atoms in total. The zero-order valence-corrected chi connectivity index (χ0v) is 9.73. The molecule has 17 heavy (non-hydrogen) atoms. The van der Waals surface area contributed by atoms with E-state index in [0.717, 1.165) is 16.5 Å². The number of benzene rings is 1. The van der Waals surface area contributed by atoms with Crippen LogP contribution in [0.2, 0.25) is 0 Å². The van der Waals surface area contributed by atoms with Crippen molar-refractivity contribution in [2.45, 2.75) is 6.92 Å². The Hall–Kier alpha value is -1.65. The molecular formula is C13H15NO3. The lowest BCUT2D eigenvalue weighted by Crippen LogP contribution is -2.14. The lowest BCUT2D eigenvalue weighted by molar-refractivity contribution is 0.0749. The molecule has 2 N–H and O–H groups in total. The average Bonchev–Trinajstić information content (AvgIpc) is 2.72. The topological polar surface area (TPSA) is 65.5 Å². The number of aryl methyl sites for hydroxylation is 1. The Balaban J connectivity index is 2.15. The molecule has 0 unspecified atom stereocenters. The van der Waals surface area contributed by atoms with Crippen LogP contribution in [0.3, 0.4) is 0 Å². The fourth-order valence-electron chi connectivity index (χ4n) is 1.62. The van der Waals surface area contributed by atoms with Gasteiger partial charge in [-0.05, 0) is 25.1 Å². The van der Waals surface area contributed by atoms with E-state index in [1.807, 2.05) is 25.1 Å². The summed E-state index contributed by atoms with van der Waals surface area (Å²) in [6.45, 7) is 2.80. The van der Waals surface area contributed by atoms with Gasteiger partial charge in [0.25, 0.3) is 0 Å². The molecule has 4 heteroatoms. The van der Waals surface area contributed by atoms with Crippen LogP contribution in [0.4, 0.5) is 0 Å². The van der Waals surface area contributed by atoms with Crippen LogP contribution in [0, 0.1) is 6.92 Å². The molecule has 1 aromatic carbocycles. The number of nitrogens with two attached hydrogens (primary N) is 1. The first kappa shape index (κ1) is 11.8. The summed E-state index contributed by atoms with van der Waals surface area (Å²) in [5.74, 6) is 0.176. The average molecular weight is 233 g/mol. The molecule has 0 bridgehead atoms. The van der Waals surface area contributed by atoms with Crippen LogP contribution in [0.1, 0.15) is 16.1 Å². The molecule has 0 atom stereocenters. The van der Waals surface area contributed by atoms with Crippen molar-refractivity contribution in [3.63, 3.8) is 0 Å². The third kappa shape index (κ3) is 2.72. The second kappa shape index (κ2) is 5.12. The number of ether oxygens (including phenoxy) is 1. The lowest BCUT2D eigenvalue weighted by atomic mass is 10.2. The van der Waals surface area contributed by atoms with E-state index < -0.39 is 0 Å². The minimum absolute atomic E-state index is 0.00992. The molecule has 1 aromatic heterocycles. The van der Waals surface area contributed by atoms with Crippen molar-refractivity contribution in [2.24, 2.45) is 5.73 Å². The van der Waals surface area contributed by atoms with Gasteiger partial charge in [0, 0.05) is 11.9 Å². The van der Waals surface area contributed by atoms with Crippen molar-refractivity contribution < 1.29 is 13.9 Å². The van der Waals surface area contributed by atoms with E-state index >= 15 is 0 Å². The van der Waals surface area contributed by atoms with Crippen molar-refractivity contribution >= 4 is 16.8 Å². The van der Waals surface area contributed by atoms with Gasteiger partial charge in [0.2, 0.25) is 5.78 Å². The Labute approximate surface area is 99.3 Å². The summed E-state index contributed by atoms with van der Waals surface area (Å²) >= 11 is 0. The summed E-state index contributed by atoms with van der Waals surface area (Å²) in [7, 11) is 0. The fourth-order valence-corrected chi connectivity index (χ4v) is 1.62. The molecule has 0 saturated heterocycles. The number of furan rings is 1. The first-order chi connectivity index (χ1) is 8.20. The van der Waals surface area contributed by atoms with Crippen LogP contribution in [0.5, 0.6) is 0 Å². The van der Waals surface area contributed by atoms with Gasteiger partial charge in [0.15, 0.2) is 5.76 Å². The molecule has 2 rings (SSSR count). The van der Waals surface area contributed by atoms with Gasteiger partial charge in [0.05, 0.1) is 6.61 Å². The van der Waals surface area contributed by atoms with E-state index in [0.29, 0.717) is 18.9 Å². The normalized spacial score (nSPS) is 10.9. The summed E-state index contributed by atoms with van der Waals surface area (Å²) < 4.78 is 10.5. The predicted octanol–water partition coefficient (Wildman–Crippen LogP) is 1.90. The highest BCUT2D eigenvalue weighted by molar-refractivity contribution is 5.98. The van der Waals surface area contributed by atoms with Gasteiger partial charge in [-0.2, -0.15) is 0 Å². The molecule has 0 aliphatic carbocycles. The van der Waals surface area contributed by atoms with Gasteiger partial charge in [-0.1, -0.05) is 11.6 Å². The van der Waals surface area contributed by atoms with E-state index in [9.17, 15) is 4.79 Å². The van der Waals surface area contributed by atoms with Gasteiger partial charge in [0.1, 0.15) is 12.2 Å². The fraction of sp³-hybridized carbons (Fsp3) is 0.308. The molecule has 2 aromatic rings. The van der Waals surface area contributed by atoms with Gasteiger partial charge in [-0.3, -0.25) is 4.79 Å². The number of rotatable bonds is 5. The SMILES string of the molecule is Cc1ccc2oc(C(=O)COCCN)cc2c1. The first-order valence-electron chi connectivity index (χ1n) is 5.52. The molecule has 1 heterocycles. The number of carbonyl (C=O) groups is 1. The standard InChI is InChI=1S/C13H15NO3/c1-9-2-3-12-10(6-9)7-13(17-12)11(15)8-16-5-4-14/h2-3,6-7H,4-5,8,14H2,1H3. The van der Waals surface area contributed by atoms with Gasteiger partial charge < -0.3 is 14.9 Å². The van der Waals surface area contributed by atoms with Crippen molar-refractivity contribution in [1.29, 1.82) is 0 Å². The maximum atomic E-state index is 11.7. The maximum absolute atomic E-state index is 11.7. The molecule has 0 aliphatic heterocycles. The zero-order chi connectivity index (χ0) is 12.3. The molecule has 0 saturated carbocycles. The summed E-state index contributed by atoms with van der Waals surface area (Å²) in [6.07, 6.45) is 0. The molecular weight excluding hydrogens is 218 g/mol. The van der Waals surface area contributed by atoms with Crippen LogP contribution in [0.25, 0.3) is 11.0 Å². The minimum Gasteiger partial charge on any atom is -0.453 e. The molecule has 0 aliphatic rings. The third-order valence-electron chi connectivity index (χ3n) is 2.44. The number of Topliss-reactive ketones (excluding diaryl/α,β-unsaturated/α-hetero) is 1. The first-order valence-corrected chi connectivity index (χ1v) is 5.52. The van der Waals surface area contributed by atoms with Gasteiger partial charge in [-0.15, -0.1) is 0 Å². The molecule has 90 valence electrons. The second-order valence-corrected chi connectivity index (χ2v) is 3.92. The van der Waals surface area contributed by atoms with E-state index in [-0.39, 0.29) is 12.4 Å². The summed E-state index contributed by atoms with van der Waals surface area (Å²) in [5, 5.41) is 0.937. The Morgan fingerprint density at radius 3 is 3.00 bits per heavy atom. The number of carbonyl (C=O) groups excluding carboxylic acids is 1. The largest absolute Gasteiger partial charge is 0.453 e. The quantitative estimate of drug-likeness (QED) is 0.632. The number of fused-ring (bicyclic) bond motifs is 1.